The molecule has 0 aliphatic heterocycles. The molecule has 0 saturated heterocycles. The maximum Gasteiger partial charge on any atom is 0.294 e. The van der Waals surface area contributed by atoms with Crippen molar-refractivity contribution in [1.82, 2.24) is 9.78 Å². The maximum absolute atomic E-state index is 11.3. The van der Waals surface area contributed by atoms with E-state index in [1.165, 1.54) is 24.8 Å². The lowest BCUT2D eigenvalue weighted by molar-refractivity contribution is -0.387. The van der Waals surface area contributed by atoms with E-state index >= 15 is 0 Å². The molecule has 0 saturated carbocycles. The van der Waals surface area contributed by atoms with Crippen molar-refractivity contribution in [3.63, 3.8) is 0 Å². The average Bonchev–Trinajstić information content (AvgIpc) is 2.84. The number of carbonyl (C=O) groups is 1. The molecule has 2 aromatic heterocycles. The number of aromatic nitrogens is 2. The zero-order chi connectivity index (χ0) is 14.2. The van der Waals surface area contributed by atoms with Gasteiger partial charge in [0, 0.05) is 13.1 Å². The number of hydrogen-bond acceptors (Lipinski definition) is 6. The summed E-state index contributed by atoms with van der Waals surface area (Å²) in [4.78, 5) is 22.3. The number of Topliss-reactive ketones (excluding diaryl/α,β-unsaturated/α-hetero) is 1. The highest BCUT2D eigenvalue weighted by atomic mass is 32.2. The highest BCUT2D eigenvalue weighted by molar-refractivity contribution is 8.01. The van der Waals surface area contributed by atoms with Crippen LogP contribution in [0.2, 0.25) is 0 Å². The minimum absolute atomic E-state index is 0.0287. The molecule has 0 amide bonds. The van der Waals surface area contributed by atoms with Crippen LogP contribution in [0, 0.1) is 17.0 Å². The highest BCUT2D eigenvalue weighted by Crippen LogP contribution is 2.41. The molecule has 2 rings (SSSR count). The molecule has 0 aromatic carbocycles. The normalized spacial score (nSPS) is 10.7. The monoisotopic (exact) mass is 297 g/mol. The number of hydrogen-bond donors (Lipinski definition) is 0. The molecule has 19 heavy (non-hydrogen) atoms. The summed E-state index contributed by atoms with van der Waals surface area (Å²) in [5, 5.41) is 16.0. The van der Waals surface area contributed by atoms with E-state index in [2.05, 4.69) is 5.10 Å². The van der Waals surface area contributed by atoms with Crippen LogP contribution >= 0.6 is 23.1 Å². The predicted octanol–water partition coefficient (Wildman–Crippen LogP) is 3.05. The Labute approximate surface area is 117 Å². The van der Waals surface area contributed by atoms with E-state index < -0.39 is 4.92 Å². The molecule has 0 unspecified atom stereocenters. The van der Waals surface area contributed by atoms with Gasteiger partial charge in [-0.1, -0.05) is 11.8 Å². The molecule has 0 fully saturated rings. The van der Waals surface area contributed by atoms with Gasteiger partial charge in [0.25, 0.3) is 5.69 Å². The molecule has 0 bridgehead atoms. The predicted molar refractivity (Wildman–Crippen MR) is 73.0 cm³/mol. The Balaban J connectivity index is 2.41. The average molecular weight is 297 g/mol. The Morgan fingerprint density at radius 1 is 1.53 bits per heavy atom. The Hall–Kier alpha value is -1.67. The molecule has 0 aliphatic rings. The van der Waals surface area contributed by atoms with Gasteiger partial charge in [-0.2, -0.15) is 5.10 Å². The van der Waals surface area contributed by atoms with Gasteiger partial charge in [-0.15, -0.1) is 11.3 Å². The van der Waals surface area contributed by atoms with Crippen molar-refractivity contribution in [3.05, 3.63) is 32.8 Å². The van der Waals surface area contributed by atoms with Gasteiger partial charge in [-0.05, 0) is 19.9 Å². The van der Waals surface area contributed by atoms with Crippen LogP contribution in [0.3, 0.4) is 0 Å². The van der Waals surface area contributed by atoms with Crippen LogP contribution in [0.4, 0.5) is 5.69 Å². The summed E-state index contributed by atoms with van der Waals surface area (Å²) in [5.41, 5.74) is 0.815. The molecule has 0 atom stereocenters. The van der Waals surface area contributed by atoms with Crippen molar-refractivity contribution in [3.8, 4) is 0 Å². The van der Waals surface area contributed by atoms with Gasteiger partial charge >= 0.3 is 0 Å². The van der Waals surface area contributed by atoms with Crippen molar-refractivity contribution in [2.45, 2.75) is 23.1 Å². The first-order valence-corrected chi connectivity index (χ1v) is 6.99. The highest BCUT2D eigenvalue weighted by Gasteiger charge is 2.22. The summed E-state index contributed by atoms with van der Waals surface area (Å²) in [6.07, 6.45) is 0. The summed E-state index contributed by atoms with van der Waals surface area (Å²) in [5.74, 6) is -0.166. The second-order valence-electron chi connectivity index (χ2n) is 3.95. The number of aryl methyl sites for hydroxylation is 2. The van der Waals surface area contributed by atoms with Crippen molar-refractivity contribution in [2.75, 3.05) is 0 Å². The molecule has 0 N–H and O–H groups in total. The van der Waals surface area contributed by atoms with Gasteiger partial charge in [0.1, 0.15) is 4.21 Å². The molecule has 2 aromatic rings. The van der Waals surface area contributed by atoms with Crippen molar-refractivity contribution < 1.29 is 9.72 Å². The first-order chi connectivity index (χ1) is 8.88. The van der Waals surface area contributed by atoms with E-state index in [0.29, 0.717) is 9.09 Å². The largest absolute Gasteiger partial charge is 0.294 e. The summed E-state index contributed by atoms with van der Waals surface area (Å²) in [6.45, 7) is 3.26. The minimum Gasteiger partial charge on any atom is -0.294 e. The van der Waals surface area contributed by atoms with E-state index in [1.807, 2.05) is 13.0 Å². The van der Waals surface area contributed by atoms with Crippen LogP contribution < -0.4 is 0 Å². The smallest absolute Gasteiger partial charge is 0.294 e. The molecule has 100 valence electrons. The Bertz CT molecular complexity index is 660. The summed E-state index contributed by atoms with van der Waals surface area (Å²) in [6, 6.07) is 3.18. The quantitative estimate of drug-likeness (QED) is 0.492. The van der Waals surface area contributed by atoms with E-state index in [4.69, 9.17) is 0 Å². The molecular weight excluding hydrogens is 286 g/mol. The summed E-state index contributed by atoms with van der Waals surface area (Å²) in [7, 11) is 1.78. The lowest BCUT2D eigenvalue weighted by atomic mass is 10.3. The molecule has 0 radical (unpaired) electrons. The third kappa shape index (κ3) is 2.85. The first kappa shape index (κ1) is 13.8. The first-order valence-electron chi connectivity index (χ1n) is 5.36. The number of carbonyl (C=O) groups excluding carboxylic acids is 1. The van der Waals surface area contributed by atoms with Crippen LogP contribution in [0.15, 0.2) is 21.4 Å². The molecule has 6 nitrogen and oxygen atoms in total. The topological polar surface area (TPSA) is 78.0 Å². The van der Waals surface area contributed by atoms with Crippen LogP contribution in [0.5, 0.6) is 0 Å². The number of ketones is 1. The van der Waals surface area contributed by atoms with Crippen LogP contribution in [0.1, 0.15) is 22.3 Å². The van der Waals surface area contributed by atoms with Gasteiger partial charge < -0.3 is 0 Å². The molecular formula is C11H11N3O3S2. The SMILES string of the molecule is CC(=O)c1cc([N+](=O)[O-])c(Sc2cc(C)nn2C)s1. The van der Waals surface area contributed by atoms with E-state index in [1.54, 1.807) is 11.7 Å². The second-order valence-corrected chi connectivity index (χ2v) is 6.29. The maximum atomic E-state index is 11.3. The van der Waals surface area contributed by atoms with Gasteiger partial charge in [0.2, 0.25) is 0 Å². The minimum atomic E-state index is -0.464. The van der Waals surface area contributed by atoms with Gasteiger partial charge in [-0.25, -0.2) is 0 Å². The Morgan fingerprint density at radius 2 is 2.21 bits per heavy atom. The van der Waals surface area contributed by atoms with Crippen LogP contribution in [-0.2, 0) is 7.05 Å². The van der Waals surface area contributed by atoms with Crippen molar-refractivity contribution in [2.24, 2.45) is 7.05 Å². The third-order valence-electron chi connectivity index (χ3n) is 2.38. The van der Waals surface area contributed by atoms with Crippen LogP contribution in [-0.4, -0.2) is 20.5 Å². The molecule has 2 heterocycles. The molecule has 0 spiro atoms. The summed E-state index contributed by atoms with van der Waals surface area (Å²) < 4.78 is 2.16. The Kier molecular flexibility index (Phi) is 3.72. The van der Waals surface area contributed by atoms with E-state index in [9.17, 15) is 14.9 Å². The fourth-order valence-corrected chi connectivity index (χ4v) is 3.79. The Morgan fingerprint density at radius 3 is 2.68 bits per heavy atom. The second kappa shape index (κ2) is 5.14. The third-order valence-corrected chi connectivity index (χ3v) is 4.89. The molecule has 0 aliphatic carbocycles. The van der Waals surface area contributed by atoms with Gasteiger partial charge in [0.15, 0.2) is 5.78 Å². The number of nitrogens with zero attached hydrogens (tertiary/aromatic N) is 3. The van der Waals surface area contributed by atoms with Crippen molar-refractivity contribution >= 4 is 34.6 Å². The number of nitro groups is 1. The summed E-state index contributed by atoms with van der Waals surface area (Å²) >= 11 is 2.39. The van der Waals surface area contributed by atoms with Gasteiger partial charge in [0.05, 0.1) is 20.5 Å². The lowest BCUT2D eigenvalue weighted by Crippen LogP contribution is -1.92. The zero-order valence-corrected chi connectivity index (χ0v) is 12.2. The van der Waals surface area contributed by atoms with Gasteiger partial charge in [-0.3, -0.25) is 19.6 Å². The molecule has 8 heteroatoms. The zero-order valence-electron chi connectivity index (χ0n) is 10.5. The van der Waals surface area contributed by atoms with E-state index in [0.717, 1.165) is 22.1 Å². The van der Waals surface area contributed by atoms with E-state index in [-0.39, 0.29) is 11.5 Å². The number of rotatable bonds is 4. The van der Waals surface area contributed by atoms with Crippen LogP contribution in [0.25, 0.3) is 0 Å². The number of thiophene rings is 1. The van der Waals surface area contributed by atoms with Crippen molar-refractivity contribution in [1.29, 1.82) is 0 Å². The fraction of sp³-hybridized carbons (Fsp3) is 0.273. The standard InChI is InChI=1S/C11H11N3O3S2/c1-6-4-10(13(3)12-6)19-11-8(14(16)17)5-9(18-11)7(2)15/h4-5H,1-3H3. The lowest BCUT2D eigenvalue weighted by Gasteiger charge is -1.98. The fourth-order valence-electron chi connectivity index (χ4n) is 1.52.